The molecule has 0 aliphatic rings. The van der Waals surface area contributed by atoms with Crippen LogP contribution in [0.15, 0.2) is 47.8 Å². The van der Waals surface area contributed by atoms with Crippen molar-refractivity contribution in [2.24, 2.45) is 0 Å². The Bertz CT molecular complexity index is 833. The molecule has 0 fully saturated rings. The minimum atomic E-state index is -0.832. The van der Waals surface area contributed by atoms with Gasteiger partial charge in [-0.2, -0.15) is 0 Å². The minimum Gasteiger partial charge on any atom is -0.497 e. The molecule has 24 heavy (non-hydrogen) atoms. The van der Waals surface area contributed by atoms with Gasteiger partial charge in [0.05, 0.1) is 19.9 Å². The topological polar surface area (TPSA) is 51.6 Å². The number of aliphatic hydroxyl groups excluding tert-OH is 1. The third kappa shape index (κ3) is 3.25. The average molecular weight is 345 g/mol. The normalized spacial score (nSPS) is 12.0. The molecule has 0 saturated carbocycles. The molecule has 0 radical (unpaired) electrons. The van der Waals surface area contributed by atoms with E-state index in [0.717, 1.165) is 11.3 Å². The van der Waals surface area contributed by atoms with E-state index < -0.39 is 6.10 Å². The molecule has 0 amide bonds. The van der Waals surface area contributed by atoms with Crippen molar-refractivity contribution in [1.82, 2.24) is 4.98 Å². The molecule has 6 heteroatoms. The van der Waals surface area contributed by atoms with Crippen molar-refractivity contribution in [2.45, 2.75) is 6.10 Å². The lowest BCUT2D eigenvalue weighted by Crippen LogP contribution is -1.99. The van der Waals surface area contributed by atoms with Crippen LogP contribution in [-0.4, -0.2) is 24.3 Å². The monoisotopic (exact) mass is 345 g/mol. The molecule has 4 nitrogen and oxygen atoms in total. The molecular formula is C18H16FNO3S. The van der Waals surface area contributed by atoms with E-state index in [1.165, 1.54) is 30.6 Å². The van der Waals surface area contributed by atoms with Crippen LogP contribution in [0.4, 0.5) is 4.39 Å². The Balaban J connectivity index is 1.89. The van der Waals surface area contributed by atoms with Gasteiger partial charge in [-0.15, -0.1) is 11.3 Å². The molecule has 2 aromatic carbocycles. The first-order valence-electron chi connectivity index (χ1n) is 7.23. The van der Waals surface area contributed by atoms with Gasteiger partial charge < -0.3 is 14.6 Å². The Labute approximate surface area is 143 Å². The molecule has 1 N–H and O–H groups in total. The van der Waals surface area contributed by atoms with Crippen molar-refractivity contribution >= 4 is 11.3 Å². The van der Waals surface area contributed by atoms with Crippen molar-refractivity contribution in [3.8, 4) is 22.8 Å². The van der Waals surface area contributed by atoms with Crippen LogP contribution in [0.2, 0.25) is 0 Å². The van der Waals surface area contributed by atoms with Crippen molar-refractivity contribution in [3.63, 3.8) is 0 Å². The van der Waals surface area contributed by atoms with Crippen molar-refractivity contribution in [1.29, 1.82) is 0 Å². The second-order valence-corrected chi connectivity index (χ2v) is 5.98. The summed E-state index contributed by atoms with van der Waals surface area (Å²) >= 11 is 1.34. The molecule has 1 aromatic heterocycles. The van der Waals surface area contributed by atoms with E-state index in [0.29, 0.717) is 22.0 Å². The van der Waals surface area contributed by atoms with Gasteiger partial charge in [-0.1, -0.05) is 12.1 Å². The van der Waals surface area contributed by atoms with E-state index >= 15 is 0 Å². The number of halogens is 1. The average Bonchev–Trinajstić information content (AvgIpc) is 3.10. The summed E-state index contributed by atoms with van der Waals surface area (Å²) in [6.07, 6.45) is -0.832. The number of nitrogens with zero attached hydrogens (tertiary/aromatic N) is 1. The molecule has 3 aromatic rings. The second kappa shape index (κ2) is 6.98. The summed E-state index contributed by atoms with van der Waals surface area (Å²) in [6.45, 7) is 0. The smallest absolute Gasteiger partial charge is 0.131 e. The fraction of sp³-hybridized carbons (Fsp3) is 0.167. The number of aliphatic hydroxyl groups is 1. The Morgan fingerprint density at radius 2 is 1.83 bits per heavy atom. The molecule has 0 aliphatic heterocycles. The summed E-state index contributed by atoms with van der Waals surface area (Å²) in [7, 11) is 3.08. The van der Waals surface area contributed by atoms with Gasteiger partial charge in [0.15, 0.2) is 0 Å². The van der Waals surface area contributed by atoms with Crippen molar-refractivity contribution in [3.05, 3.63) is 64.2 Å². The molecule has 0 saturated heterocycles. The predicted octanol–water partition coefficient (Wildman–Crippen LogP) is 4.05. The zero-order valence-electron chi connectivity index (χ0n) is 13.2. The number of rotatable bonds is 5. The van der Waals surface area contributed by atoms with Gasteiger partial charge in [-0.3, -0.25) is 0 Å². The van der Waals surface area contributed by atoms with Crippen LogP contribution in [0.1, 0.15) is 16.7 Å². The number of aromatic nitrogens is 1. The number of hydrogen-bond acceptors (Lipinski definition) is 5. The van der Waals surface area contributed by atoms with E-state index in [4.69, 9.17) is 9.47 Å². The van der Waals surface area contributed by atoms with Crippen LogP contribution in [0.3, 0.4) is 0 Å². The number of methoxy groups -OCH3 is 2. The number of ether oxygens (including phenoxy) is 2. The van der Waals surface area contributed by atoms with Crippen molar-refractivity contribution in [2.75, 3.05) is 14.2 Å². The Morgan fingerprint density at radius 1 is 1.08 bits per heavy atom. The molecule has 0 bridgehead atoms. The Morgan fingerprint density at radius 3 is 2.50 bits per heavy atom. The third-order valence-electron chi connectivity index (χ3n) is 3.63. The molecule has 0 aliphatic carbocycles. The predicted molar refractivity (Wildman–Crippen MR) is 91.1 cm³/mol. The van der Waals surface area contributed by atoms with Crippen LogP contribution >= 0.6 is 11.3 Å². The van der Waals surface area contributed by atoms with Gasteiger partial charge in [-0.05, 0) is 29.8 Å². The summed E-state index contributed by atoms with van der Waals surface area (Å²) in [5.74, 6) is 0.761. The summed E-state index contributed by atoms with van der Waals surface area (Å²) < 4.78 is 23.6. The molecule has 1 heterocycles. The van der Waals surface area contributed by atoms with E-state index in [1.54, 1.807) is 37.4 Å². The highest BCUT2D eigenvalue weighted by molar-refractivity contribution is 7.10. The van der Waals surface area contributed by atoms with Gasteiger partial charge in [-0.25, -0.2) is 9.37 Å². The first kappa shape index (κ1) is 16.4. The van der Waals surface area contributed by atoms with Gasteiger partial charge >= 0.3 is 0 Å². The lowest BCUT2D eigenvalue weighted by Gasteiger charge is -2.09. The highest BCUT2D eigenvalue weighted by atomic mass is 32.1. The van der Waals surface area contributed by atoms with E-state index in [2.05, 4.69) is 4.98 Å². The van der Waals surface area contributed by atoms with E-state index in [1.807, 2.05) is 5.38 Å². The maximum absolute atomic E-state index is 13.3. The van der Waals surface area contributed by atoms with E-state index in [-0.39, 0.29) is 5.82 Å². The van der Waals surface area contributed by atoms with Gasteiger partial charge in [0.1, 0.15) is 28.4 Å². The second-order valence-electron chi connectivity index (χ2n) is 5.09. The Hall–Kier alpha value is -2.44. The van der Waals surface area contributed by atoms with E-state index in [9.17, 15) is 9.50 Å². The maximum atomic E-state index is 13.3. The SMILES string of the molecule is COc1ccc(C(O)c2nc(-c3ccc(F)cc3OC)cs2)cc1. The molecule has 124 valence electrons. The summed E-state index contributed by atoms with van der Waals surface area (Å²) in [6, 6.07) is 11.5. The first-order valence-corrected chi connectivity index (χ1v) is 8.11. The van der Waals surface area contributed by atoms with Crippen LogP contribution in [0.25, 0.3) is 11.3 Å². The summed E-state index contributed by atoms with van der Waals surface area (Å²) in [4.78, 5) is 4.47. The molecular weight excluding hydrogens is 329 g/mol. The zero-order chi connectivity index (χ0) is 17.1. The maximum Gasteiger partial charge on any atom is 0.131 e. The highest BCUT2D eigenvalue weighted by Crippen LogP contribution is 2.34. The van der Waals surface area contributed by atoms with Crippen molar-refractivity contribution < 1.29 is 19.0 Å². The zero-order valence-corrected chi connectivity index (χ0v) is 14.0. The Kier molecular flexibility index (Phi) is 4.78. The number of thiazole rings is 1. The fourth-order valence-corrected chi connectivity index (χ4v) is 3.17. The lowest BCUT2D eigenvalue weighted by atomic mass is 10.1. The van der Waals surface area contributed by atoms with Gasteiger partial charge in [0, 0.05) is 17.0 Å². The summed E-state index contributed by atoms with van der Waals surface area (Å²) in [5.41, 5.74) is 2.05. The lowest BCUT2D eigenvalue weighted by molar-refractivity contribution is 0.219. The number of hydrogen-bond donors (Lipinski definition) is 1. The number of benzene rings is 2. The first-order chi connectivity index (χ1) is 11.6. The standard InChI is InChI=1S/C18H16FNO3S/c1-22-13-6-3-11(4-7-13)17(21)18-20-15(10-24-18)14-8-5-12(19)9-16(14)23-2/h3-10,17,21H,1-2H3. The highest BCUT2D eigenvalue weighted by Gasteiger charge is 2.17. The largest absolute Gasteiger partial charge is 0.497 e. The molecule has 1 atom stereocenters. The van der Waals surface area contributed by atoms with Gasteiger partial charge in [0.25, 0.3) is 0 Å². The van der Waals surface area contributed by atoms with Gasteiger partial charge in [0.2, 0.25) is 0 Å². The van der Waals surface area contributed by atoms with Crippen LogP contribution in [0, 0.1) is 5.82 Å². The molecule has 1 unspecified atom stereocenters. The minimum absolute atomic E-state index is 0.371. The van der Waals surface area contributed by atoms with Crippen LogP contribution in [-0.2, 0) is 0 Å². The quantitative estimate of drug-likeness (QED) is 0.758. The summed E-state index contributed by atoms with van der Waals surface area (Å²) in [5, 5.41) is 12.9. The third-order valence-corrected chi connectivity index (χ3v) is 4.52. The molecule has 3 rings (SSSR count). The molecule has 0 spiro atoms. The van der Waals surface area contributed by atoms with Crippen LogP contribution in [0.5, 0.6) is 11.5 Å². The van der Waals surface area contributed by atoms with Crippen LogP contribution < -0.4 is 9.47 Å². The fourth-order valence-electron chi connectivity index (χ4n) is 2.34.